The lowest BCUT2D eigenvalue weighted by Gasteiger charge is -2.37. The van der Waals surface area contributed by atoms with E-state index in [0.717, 1.165) is 45.1 Å². The van der Waals surface area contributed by atoms with Gasteiger partial charge in [0.2, 0.25) is 0 Å². The highest BCUT2D eigenvalue weighted by Crippen LogP contribution is 2.66. The Balaban J connectivity index is 1.03. The summed E-state index contributed by atoms with van der Waals surface area (Å²) in [5, 5.41) is 2.31. The van der Waals surface area contributed by atoms with Crippen LogP contribution in [0.2, 0.25) is 0 Å². The lowest BCUT2D eigenvalue weighted by molar-refractivity contribution is 0.327. The monoisotopic (exact) mass is 655 g/mol. The SMILES string of the molecule is c1ccc(-c2ccc(N(c3ccc(-c4ccc5oc6ccccc6c5c4)cc3)c3ccc4c(c3)C3(CC5CCC3C5)c3ccccc3-4)cc2)cc1. The number of fused-ring (bicyclic) bond motifs is 11. The minimum Gasteiger partial charge on any atom is -0.456 e. The van der Waals surface area contributed by atoms with Crippen LogP contribution in [0.15, 0.2) is 168 Å². The first-order valence-corrected chi connectivity index (χ1v) is 18.4. The molecule has 0 aliphatic heterocycles. The van der Waals surface area contributed by atoms with Gasteiger partial charge in [-0.1, -0.05) is 116 Å². The van der Waals surface area contributed by atoms with Crippen molar-refractivity contribution in [3.8, 4) is 33.4 Å². The van der Waals surface area contributed by atoms with Crippen molar-refractivity contribution in [2.45, 2.75) is 31.1 Å². The molecule has 51 heavy (non-hydrogen) atoms. The number of para-hydroxylation sites is 1. The fourth-order valence-electron chi connectivity index (χ4n) is 10.1. The second-order valence-corrected chi connectivity index (χ2v) is 14.9. The van der Waals surface area contributed by atoms with Crippen LogP contribution in [0.25, 0.3) is 55.3 Å². The van der Waals surface area contributed by atoms with Crippen molar-refractivity contribution in [2.75, 3.05) is 4.90 Å². The van der Waals surface area contributed by atoms with E-state index in [0.29, 0.717) is 0 Å². The molecule has 3 aliphatic carbocycles. The Kier molecular flexibility index (Phi) is 6.28. The molecular weight excluding hydrogens is 619 g/mol. The van der Waals surface area contributed by atoms with E-state index in [4.69, 9.17) is 4.42 Å². The molecule has 1 aromatic heterocycles. The number of hydrogen-bond acceptors (Lipinski definition) is 2. The van der Waals surface area contributed by atoms with E-state index in [1.165, 1.54) is 70.3 Å². The third-order valence-electron chi connectivity index (χ3n) is 12.4. The van der Waals surface area contributed by atoms with Crippen LogP contribution >= 0.6 is 0 Å². The van der Waals surface area contributed by atoms with E-state index in [-0.39, 0.29) is 5.41 Å². The van der Waals surface area contributed by atoms with Crippen LogP contribution in [0, 0.1) is 11.8 Å². The molecule has 0 radical (unpaired) electrons. The number of anilines is 3. The quantitative estimate of drug-likeness (QED) is 0.183. The molecule has 2 heteroatoms. The van der Waals surface area contributed by atoms with Gasteiger partial charge >= 0.3 is 0 Å². The molecule has 1 spiro atoms. The fraction of sp³-hybridized carbons (Fsp3) is 0.143. The lowest BCUT2D eigenvalue weighted by atomic mass is 9.67. The Morgan fingerprint density at radius 3 is 1.86 bits per heavy atom. The Morgan fingerprint density at radius 1 is 0.471 bits per heavy atom. The summed E-state index contributed by atoms with van der Waals surface area (Å²) >= 11 is 0. The zero-order valence-corrected chi connectivity index (χ0v) is 28.4. The summed E-state index contributed by atoms with van der Waals surface area (Å²) in [6, 6.07) is 60.3. The molecule has 0 N–H and O–H groups in total. The van der Waals surface area contributed by atoms with Gasteiger partial charge in [0.1, 0.15) is 11.2 Å². The van der Waals surface area contributed by atoms with Crippen molar-refractivity contribution in [2.24, 2.45) is 11.8 Å². The highest BCUT2D eigenvalue weighted by Gasteiger charge is 2.56. The Hall–Kier alpha value is -5.86. The van der Waals surface area contributed by atoms with Crippen molar-refractivity contribution >= 4 is 39.0 Å². The number of benzene rings is 7. The van der Waals surface area contributed by atoms with Crippen LogP contribution in [-0.4, -0.2) is 0 Å². The molecule has 8 aromatic rings. The van der Waals surface area contributed by atoms with Gasteiger partial charge in [0.15, 0.2) is 0 Å². The standard InChI is InChI=1S/C49H37NO/c1-2-8-33(9-3-1)34-15-21-38(22-16-34)50(39-23-17-35(18-24-39)36-19-27-48-44(29-36)43-11-5-7-13-47(43)51-48)40-25-26-42-41-10-4-6-12-45(41)49(46(42)30-40)31-32-14-20-37(49)28-32/h1-13,15-19,21-27,29-30,32,37H,14,20,28,31H2. The number of hydrogen-bond donors (Lipinski definition) is 0. The average molecular weight is 656 g/mol. The highest BCUT2D eigenvalue weighted by molar-refractivity contribution is 6.06. The average Bonchev–Trinajstić information content (AvgIpc) is 3.97. The molecule has 0 amide bonds. The van der Waals surface area contributed by atoms with Gasteiger partial charge in [-0.05, 0) is 130 Å². The maximum Gasteiger partial charge on any atom is 0.135 e. The molecular formula is C49H37NO. The summed E-state index contributed by atoms with van der Waals surface area (Å²) < 4.78 is 6.12. The van der Waals surface area contributed by atoms with Crippen LogP contribution in [0.5, 0.6) is 0 Å². The largest absolute Gasteiger partial charge is 0.456 e. The Bertz CT molecular complexity index is 2600. The van der Waals surface area contributed by atoms with E-state index in [1.54, 1.807) is 5.56 Å². The fourth-order valence-corrected chi connectivity index (χ4v) is 10.1. The van der Waals surface area contributed by atoms with Crippen molar-refractivity contribution in [3.63, 3.8) is 0 Å². The molecule has 2 saturated carbocycles. The van der Waals surface area contributed by atoms with E-state index < -0.39 is 0 Å². The summed E-state index contributed by atoms with van der Waals surface area (Å²) in [6.07, 6.45) is 5.38. The van der Waals surface area contributed by atoms with Crippen LogP contribution in [0.4, 0.5) is 17.1 Å². The minimum absolute atomic E-state index is 0.132. The zero-order chi connectivity index (χ0) is 33.5. The number of nitrogens with zero attached hydrogens (tertiary/aromatic N) is 1. The van der Waals surface area contributed by atoms with Gasteiger partial charge in [-0.3, -0.25) is 0 Å². The minimum atomic E-state index is 0.132. The normalized spacial score (nSPS) is 19.9. The number of furan rings is 1. The summed E-state index contributed by atoms with van der Waals surface area (Å²) in [4.78, 5) is 2.45. The van der Waals surface area contributed by atoms with Crippen LogP contribution in [0.3, 0.4) is 0 Å². The van der Waals surface area contributed by atoms with Crippen molar-refractivity contribution in [1.29, 1.82) is 0 Å². The van der Waals surface area contributed by atoms with Crippen LogP contribution in [0.1, 0.15) is 36.8 Å². The van der Waals surface area contributed by atoms with Crippen molar-refractivity contribution < 1.29 is 4.42 Å². The third-order valence-corrected chi connectivity index (χ3v) is 12.4. The van der Waals surface area contributed by atoms with Gasteiger partial charge in [0, 0.05) is 33.2 Å². The highest BCUT2D eigenvalue weighted by atomic mass is 16.3. The Morgan fingerprint density at radius 2 is 1.10 bits per heavy atom. The van der Waals surface area contributed by atoms with Crippen molar-refractivity contribution in [1.82, 2.24) is 0 Å². The molecule has 0 saturated heterocycles. The second-order valence-electron chi connectivity index (χ2n) is 14.9. The van der Waals surface area contributed by atoms with Gasteiger partial charge in [0.05, 0.1) is 0 Å². The van der Waals surface area contributed by atoms with E-state index in [9.17, 15) is 0 Å². The first-order valence-electron chi connectivity index (χ1n) is 18.4. The molecule has 7 aromatic carbocycles. The summed E-state index contributed by atoms with van der Waals surface area (Å²) in [5.41, 5.74) is 16.3. The smallest absolute Gasteiger partial charge is 0.135 e. The first kappa shape index (κ1) is 28.9. The predicted molar refractivity (Wildman–Crippen MR) is 211 cm³/mol. The lowest BCUT2D eigenvalue weighted by Crippen LogP contribution is -2.32. The number of rotatable bonds is 5. The second kappa shape index (κ2) is 11.1. The summed E-state index contributed by atoms with van der Waals surface area (Å²) in [7, 11) is 0. The van der Waals surface area contributed by atoms with Gasteiger partial charge in [-0.15, -0.1) is 0 Å². The van der Waals surface area contributed by atoms with E-state index >= 15 is 0 Å². The van der Waals surface area contributed by atoms with Crippen molar-refractivity contribution in [3.05, 3.63) is 175 Å². The zero-order valence-electron chi connectivity index (χ0n) is 28.4. The van der Waals surface area contributed by atoms with Crippen LogP contribution in [-0.2, 0) is 5.41 Å². The van der Waals surface area contributed by atoms with Crippen LogP contribution < -0.4 is 4.90 Å². The van der Waals surface area contributed by atoms with Gasteiger partial charge in [0.25, 0.3) is 0 Å². The summed E-state index contributed by atoms with van der Waals surface area (Å²) in [5.74, 6) is 1.56. The van der Waals surface area contributed by atoms with Gasteiger partial charge in [-0.2, -0.15) is 0 Å². The van der Waals surface area contributed by atoms with E-state index in [1.807, 2.05) is 12.1 Å². The molecule has 244 valence electrons. The maximum absolute atomic E-state index is 6.12. The molecule has 2 nitrogen and oxygen atoms in total. The summed E-state index contributed by atoms with van der Waals surface area (Å²) in [6.45, 7) is 0. The molecule has 1 heterocycles. The van der Waals surface area contributed by atoms with Gasteiger partial charge < -0.3 is 9.32 Å². The van der Waals surface area contributed by atoms with Gasteiger partial charge in [-0.25, -0.2) is 0 Å². The molecule has 3 unspecified atom stereocenters. The molecule has 3 aliphatic rings. The maximum atomic E-state index is 6.12. The molecule has 2 fully saturated rings. The first-order chi connectivity index (χ1) is 25.2. The Labute approximate surface area is 298 Å². The predicted octanol–water partition coefficient (Wildman–Crippen LogP) is 13.5. The van der Waals surface area contributed by atoms with E-state index in [2.05, 4.69) is 157 Å². The third kappa shape index (κ3) is 4.36. The molecule has 3 atom stereocenters. The molecule has 11 rings (SSSR count). The topological polar surface area (TPSA) is 16.4 Å². The molecule has 2 bridgehead atoms.